The van der Waals surface area contributed by atoms with E-state index in [1.54, 1.807) is 6.92 Å². The van der Waals surface area contributed by atoms with Gasteiger partial charge >= 0.3 is 5.97 Å². The zero-order chi connectivity index (χ0) is 16.7. The molecule has 0 unspecified atom stereocenters. The van der Waals surface area contributed by atoms with Gasteiger partial charge in [-0.3, -0.25) is 14.5 Å². The molecule has 1 aromatic carbocycles. The summed E-state index contributed by atoms with van der Waals surface area (Å²) in [5.41, 5.74) is 0.977. The number of hydrogen-bond acceptors (Lipinski definition) is 5. The van der Waals surface area contributed by atoms with Crippen LogP contribution in [0, 0.1) is 0 Å². The summed E-state index contributed by atoms with van der Waals surface area (Å²) in [6.45, 7) is 2.26. The molecule has 2 amide bonds. The maximum absolute atomic E-state index is 12.0. The molecule has 122 valence electrons. The van der Waals surface area contributed by atoms with Crippen molar-refractivity contribution in [1.82, 2.24) is 10.2 Å². The average molecular weight is 334 g/mol. The lowest BCUT2D eigenvalue weighted by Crippen LogP contribution is -2.37. The van der Waals surface area contributed by atoms with Gasteiger partial charge in [0.1, 0.15) is 6.54 Å². The second kappa shape index (κ2) is 8.38. The van der Waals surface area contributed by atoms with Crippen LogP contribution in [0.4, 0.5) is 0 Å². The zero-order valence-electron chi connectivity index (χ0n) is 12.8. The maximum Gasteiger partial charge on any atom is 0.333 e. The monoisotopic (exact) mass is 334 g/mol. The number of nitrogens with zero attached hydrogens (tertiary/aromatic N) is 1. The van der Waals surface area contributed by atoms with Crippen molar-refractivity contribution in [3.63, 3.8) is 0 Å². The molecule has 1 fully saturated rings. The van der Waals surface area contributed by atoms with E-state index < -0.39 is 5.97 Å². The van der Waals surface area contributed by atoms with Gasteiger partial charge in [0, 0.05) is 6.54 Å². The summed E-state index contributed by atoms with van der Waals surface area (Å²) in [6, 6.07) is 9.50. The number of nitrogens with one attached hydrogen (secondary N) is 1. The van der Waals surface area contributed by atoms with Gasteiger partial charge in [0.05, 0.1) is 23.5 Å². The Morgan fingerprint density at radius 2 is 2.09 bits per heavy atom. The number of carbonyl (C=O) groups is 3. The number of rotatable bonds is 6. The van der Waals surface area contributed by atoms with Crippen LogP contribution in [0.3, 0.4) is 0 Å². The van der Waals surface area contributed by atoms with E-state index in [-0.39, 0.29) is 30.7 Å². The van der Waals surface area contributed by atoms with Crippen molar-refractivity contribution in [2.75, 3.05) is 18.9 Å². The van der Waals surface area contributed by atoms with Crippen LogP contribution in [0.25, 0.3) is 0 Å². The summed E-state index contributed by atoms with van der Waals surface area (Å²) in [5.74, 6) is -0.767. The van der Waals surface area contributed by atoms with Crippen LogP contribution in [0.2, 0.25) is 0 Å². The minimum Gasteiger partial charge on any atom is -0.463 e. The van der Waals surface area contributed by atoms with Crippen molar-refractivity contribution in [3.8, 4) is 0 Å². The molecule has 1 aliphatic rings. The Morgan fingerprint density at radius 3 is 2.78 bits per heavy atom. The van der Waals surface area contributed by atoms with E-state index in [4.69, 9.17) is 4.74 Å². The maximum atomic E-state index is 12.0. The number of benzene rings is 1. The first kappa shape index (κ1) is 17.1. The Labute approximate surface area is 138 Å². The van der Waals surface area contributed by atoms with E-state index in [1.165, 1.54) is 22.7 Å². The molecule has 0 aliphatic carbocycles. The first-order valence-electron chi connectivity index (χ1n) is 7.22. The second-order valence-corrected chi connectivity index (χ2v) is 5.76. The third kappa shape index (κ3) is 5.14. The molecule has 7 heteroatoms. The number of ether oxygens (including phenoxy) is 1. The standard InChI is InChI=1S/C16H18N2O4S/c1-2-22-16(21)8-15-18(14(20)11-23-15)10-13(19)17-9-12-6-4-3-5-7-12/h3-8H,2,9-11H2,1H3,(H,17,19)/b15-8-. The minimum absolute atomic E-state index is 0.107. The van der Waals surface area contributed by atoms with Crippen molar-refractivity contribution < 1.29 is 19.1 Å². The molecule has 2 rings (SSSR count). The van der Waals surface area contributed by atoms with E-state index in [0.29, 0.717) is 11.6 Å². The van der Waals surface area contributed by atoms with Gasteiger partial charge in [0.25, 0.3) is 0 Å². The van der Waals surface area contributed by atoms with Crippen molar-refractivity contribution in [1.29, 1.82) is 0 Å². The zero-order valence-corrected chi connectivity index (χ0v) is 13.6. The minimum atomic E-state index is -0.514. The van der Waals surface area contributed by atoms with Crippen LogP contribution < -0.4 is 5.32 Å². The van der Waals surface area contributed by atoms with Gasteiger partial charge in [-0.1, -0.05) is 42.1 Å². The Morgan fingerprint density at radius 1 is 1.35 bits per heavy atom. The molecular weight excluding hydrogens is 316 g/mol. The predicted octanol–water partition coefficient (Wildman–Crippen LogP) is 1.28. The largest absolute Gasteiger partial charge is 0.463 e. The third-order valence-electron chi connectivity index (χ3n) is 3.07. The van der Waals surface area contributed by atoms with Crippen LogP contribution in [-0.2, 0) is 25.7 Å². The lowest BCUT2D eigenvalue weighted by Gasteiger charge is -2.16. The lowest BCUT2D eigenvalue weighted by atomic mass is 10.2. The quantitative estimate of drug-likeness (QED) is 0.626. The highest BCUT2D eigenvalue weighted by molar-refractivity contribution is 8.04. The first-order valence-corrected chi connectivity index (χ1v) is 8.21. The summed E-state index contributed by atoms with van der Waals surface area (Å²) < 4.78 is 4.83. The van der Waals surface area contributed by atoms with Crippen LogP contribution in [-0.4, -0.2) is 41.6 Å². The van der Waals surface area contributed by atoms with Gasteiger partial charge in [-0.2, -0.15) is 0 Å². The van der Waals surface area contributed by atoms with E-state index in [1.807, 2.05) is 30.3 Å². The van der Waals surface area contributed by atoms with Gasteiger partial charge in [-0.05, 0) is 12.5 Å². The fourth-order valence-corrected chi connectivity index (χ4v) is 2.91. The average Bonchev–Trinajstić information content (AvgIpc) is 2.87. The molecule has 1 N–H and O–H groups in total. The summed E-state index contributed by atoms with van der Waals surface area (Å²) in [5, 5.41) is 3.21. The van der Waals surface area contributed by atoms with Crippen LogP contribution >= 0.6 is 11.8 Å². The van der Waals surface area contributed by atoms with Crippen molar-refractivity contribution in [3.05, 3.63) is 47.0 Å². The highest BCUT2D eigenvalue weighted by Gasteiger charge is 2.29. The molecule has 23 heavy (non-hydrogen) atoms. The van der Waals surface area contributed by atoms with Crippen LogP contribution in [0.1, 0.15) is 12.5 Å². The molecule has 0 atom stereocenters. The molecule has 0 spiro atoms. The third-order valence-corrected chi connectivity index (χ3v) is 4.10. The van der Waals surface area contributed by atoms with Gasteiger partial charge in [0.2, 0.25) is 11.8 Å². The Kier molecular flexibility index (Phi) is 6.22. The highest BCUT2D eigenvalue weighted by atomic mass is 32.2. The second-order valence-electron chi connectivity index (χ2n) is 4.77. The molecule has 0 saturated carbocycles. The molecule has 6 nitrogen and oxygen atoms in total. The summed E-state index contributed by atoms with van der Waals surface area (Å²) in [4.78, 5) is 36.7. The molecule has 0 radical (unpaired) electrons. The first-order chi connectivity index (χ1) is 11.1. The molecule has 0 aromatic heterocycles. The van der Waals surface area contributed by atoms with E-state index in [9.17, 15) is 14.4 Å². The van der Waals surface area contributed by atoms with E-state index in [0.717, 1.165) is 5.56 Å². The van der Waals surface area contributed by atoms with Crippen molar-refractivity contribution in [2.45, 2.75) is 13.5 Å². The molecule has 1 saturated heterocycles. The van der Waals surface area contributed by atoms with Gasteiger partial charge in [0.15, 0.2) is 0 Å². The summed E-state index contributed by atoms with van der Waals surface area (Å²) in [6.07, 6.45) is 1.25. The highest BCUT2D eigenvalue weighted by Crippen LogP contribution is 2.28. The van der Waals surface area contributed by atoms with E-state index in [2.05, 4.69) is 5.32 Å². The van der Waals surface area contributed by atoms with Crippen molar-refractivity contribution in [2.24, 2.45) is 0 Å². The topological polar surface area (TPSA) is 75.7 Å². The number of esters is 1. The number of thioether (sulfide) groups is 1. The number of carbonyl (C=O) groups excluding carboxylic acids is 3. The number of hydrogen-bond donors (Lipinski definition) is 1. The Bertz CT molecular complexity index is 616. The van der Waals surface area contributed by atoms with Gasteiger partial charge in [-0.25, -0.2) is 4.79 Å². The molecule has 0 bridgehead atoms. The fraction of sp³-hybridized carbons (Fsp3) is 0.312. The summed E-state index contributed by atoms with van der Waals surface area (Å²) >= 11 is 1.23. The van der Waals surface area contributed by atoms with E-state index >= 15 is 0 Å². The van der Waals surface area contributed by atoms with Crippen LogP contribution in [0.5, 0.6) is 0 Å². The molecular formula is C16H18N2O4S. The van der Waals surface area contributed by atoms with Gasteiger partial charge in [-0.15, -0.1) is 0 Å². The molecule has 1 heterocycles. The van der Waals surface area contributed by atoms with Gasteiger partial charge < -0.3 is 10.1 Å². The molecule has 1 aliphatic heterocycles. The summed E-state index contributed by atoms with van der Waals surface area (Å²) in [7, 11) is 0. The molecule has 1 aromatic rings. The Balaban J connectivity index is 1.92. The van der Waals surface area contributed by atoms with Crippen molar-refractivity contribution >= 4 is 29.5 Å². The van der Waals surface area contributed by atoms with Crippen LogP contribution in [0.15, 0.2) is 41.4 Å². The lowest BCUT2D eigenvalue weighted by molar-refractivity contribution is -0.137. The predicted molar refractivity (Wildman–Crippen MR) is 87.2 cm³/mol. The Hall–Kier alpha value is -2.28. The SMILES string of the molecule is CCOC(=O)/C=C1\SCC(=O)N1CC(=O)NCc1ccccc1. The smallest absolute Gasteiger partial charge is 0.333 e. The number of amides is 2. The fourth-order valence-electron chi connectivity index (χ4n) is 1.98. The normalized spacial score (nSPS) is 15.8.